The van der Waals surface area contributed by atoms with Crippen molar-refractivity contribution in [1.82, 2.24) is 4.90 Å². The first-order chi connectivity index (χ1) is 15.4. The molecule has 0 atom stereocenters. The van der Waals surface area contributed by atoms with E-state index in [0.717, 1.165) is 17.5 Å². The summed E-state index contributed by atoms with van der Waals surface area (Å²) in [5.41, 5.74) is 2.26. The Bertz CT molecular complexity index is 838. The van der Waals surface area contributed by atoms with Gasteiger partial charge in [0, 0.05) is 24.0 Å². The van der Waals surface area contributed by atoms with Crippen molar-refractivity contribution in [3.63, 3.8) is 0 Å². The maximum atomic E-state index is 11.4. The van der Waals surface area contributed by atoms with E-state index in [1.807, 2.05) is 13.8 Å². The van der Waals surface area contributed by atoms with Crippen LogP contribution in [0, 0.1) is 11.8 Å². The van der Waals surface area contributed by atoms with Crippen molar-refractivity contribution in [2.45, 2.75) is 68.2 Å². The zero-order valence-corrected chi connectivity index (χ0v) is 23.2. The zero-order valence-electron chi connectivity index (χ0n) is 21.7. The standard InChI is InChI=1S/C14H17Cl2NO2.C10H14.C4H10/c1-5-14(17(4)10(3)18)9(2)19-13-7-11(15)6-12(16)8-13;1-9(2)8-10-6-4-3-5-7-10;1-4(2)3/h6-8H,5H2,1-4H3;3-7,9H,8H2,1-2H3;4H,1-3H3/b14-9+;;. The first-order valence-corrected chi connectivity index (χ1v) is 12.2. The van der Waals surface area contributed by atoms with E-state index in [-0.39, 0.29) is 5.91 Å². The van der Waals surface area contributed by atoms with Gasteiger partial charge in [-0.05, 0) is 55.4 Å². The van der Waals surface area contributed by atoms with Crippen molar-refractivity contribution in [3.8, 4) is 5.75 Å². The maximum Gasteiger partial charge on any atom is 0.223 e. The highest BCUT2D eigenvalue weighted by Crippen LogP contribution is 2.26. The number of hydrogen-bond donors (Lipinski definition) is 0. The van der Waals surface area contributed by atoms with Gasteiger partial charge in [-0.25, -0.2) is 0 Å². The third-order valence-corrected chi connectivity index (χ3v) is 4.65. The quantitative estimate of drug-likeness (QED) is 0.375. The Balaban J connectivity index is 0.000000607. The van der Waals surface area contributed by atoms with Crippen molar-refractivity contribution in [1.29, 1.82) is 0 Å². The molecule has 0 bridgehead atoms. The summed E-state index contributed by atoms with van der Waals surface area (Å²) in [4.78, 5) is 13.0. The molecule has 0 saturated carbocycles. The van der Waals surface area contributed by atoms with Crippen LogP contribution in [-0.2, 0) is 11.2 Å². The van der Waals surface area contributed by atoms with Crippen LogP contribution in [0.15, 0.2) is 60.0 Å². The smallest absolute Gasteiger partial charge is 0.223 e. The summed E-state index contributed by atoms with van der Waals surface area (Å²) in [7, 11) is 1.72. The van der Waals surface area contributed by atoms with Gasteiger partial charge in [0.25, 0.3) is 0 Å². The lowest BCUT2D eigenvalue weighted by atomic mass is 10.0. The highest BCUT2D eigenvalue weighted by molar-refractivity contribution is 6.34. The number of amides is 1. The first kappa shape index (κ1) is 31.0. The van der Waals surface area contributed by atoms with Gasteiger partial charge < -0.3 is 9.64 Å². The second-order valence-electron chi connectivity index (χ2n) is 8.96. The summed E-state index contributed by atoms with van der Waals surface area (Å²) in [5, 5.41) is 1.02. The molecule has 0 spiro atoms. The van der Waals surface area contributed by atoms with Crippen LogP contribution >= 0.6 is 23.2 Å². The number of rotatable bonds is 6. The van der Waals surface area contributed by atoms with Crippen LogP contribution in [0.2, 0.25) is 10.0 Å². The molecule has 3 nitrogen and oxygen atoms in total. The van der Waals surface area contributed by atoms with Crippen molar-refractivity contribution in [2.75, 3.05) is 7.05 Å². The highest BCUT2D eigenvalue weighted by Gasteiger charge is 2.12. The Labute approximate surface area is 211 Å². The molecular formula is C28H41Cl2NO2. The molecule has 2 aromatic carbocycles. The van der Waals surface area contributed by atoms with Crippen molar-refractivity contribution in [2.24, 2.45) is 11.8 Å². The SMILES string of the molecule is CC(C)C.CC(C)Cc1ccccc1.CC/C(=C(/C)Oc1cc(Cl)cc(Cl)c1)N(C)C(C)=O. The minimum Gasteiger partial charge on any atom is -0.460 e. The molecule has 0 aliphatic heterocycles. The monoisotopic (exact) mass is 493 g/mol. The summed E-state index contributed by atoms with van der Waals surface area (Å²) >= 11 is 11.8. The van der Waals surface area contributed by atoms with Crippen molar-refractivity contribution in [3.05, 3.63) is 75.6 Å². The van der Waals surface area contributed by atoms with Gasteiger partial charge in [0.15, 0.2) is 0 Å². The van der Waals surface area contributed by atoms with Crippen LogP contribution in [0.1, 0.15) is 67.4 Å². The Morgan fingerprint density at radius 2 is 1.42 bits per heavy atom. The van der Waals surface area contributed by atoms with E-state index in [1.54, 1.807) is 30.1 Å². The van der Waals surface area contributed by atoms with Gasteiger partial charge in [-0.1, -0.05) is 95.1 Å². The van der Waals surface area contributed by atoms with Crippen LogP contribution < -0.4 is 4.74 Å². The van der Waals surface area contributed by atoms with E-state index in [1.165, 1.54) is 18.9 Å². The van der Waals surface area contributed by atoms with Crippen molar-refractivity contribution >= 4 is 29.1 Å². The van der Waals surface area contributed by atoms with Crippen molar-refractivity contribution < 1.29 is 9.53 Å². The van der Waals surface area contributed by atoms with Crippen LogP contribution in [-0.4, -0.2) is 17.9 Å². The molecule has 0 radical (unpaired) electrons. The van der Waals surface area contributed by atoms with Crippen LogP contribution in [0.5, 0.6) is 5.75 Å². The lowest BCUT2D eigenvalue weighted by Crippen LogP contribution is -2.24. The first-order valence-electron chi connectivity index (χ1n) is 11.5. The second kappa shape index (κ2) is 16.6. The molecule has 0 saturated heterocycles. The lowest BCUT2D eigenvalue weighted by molar-refractivity contribution is -0.126. The topological polar surface area (TPSA) is 29.5 Å². The summed E-state index contributed by atoms with van der Waals surface area (Å²) < 4.78 is 5.72. The van der Waals surface area contributed by atoms with E-state index < -0.39 is 0 Å². The predicted octanol–water partition coefficient (Wildman–Crippen LogP) is 9.04. The molecule has 0 heterocycles. The molecule has 2 aromatic rings. The Hall–Kier alpha value is -1.97. The third kappa shape index (κ3) is 14.7. The fourth-order valence-corrected chi connectivity index (χ4v) is 3.33. The summed E-state index contributed by atoms with van der Waals surface area (Å²) in [6, 6.07) is 15.6. The van der Waals surface area contributed by atoms with Gasteiger partial charge >= 0.3 is 0 Å². The predicted molar refractivity (Wildman–Crippen MR) is 144 cm³/mol. The van der Waals surface area contributed by atoms with E-state index >= 15 is 0 Å². The Kier molecular flexibility index (Phi) is 15.6. The average molecular weight is 495 g/mol. The molecule has 1 amide bonds. The lowest BCUT2D eigenvalue weighted by Gasteiger charge is -2.21. The van der Waals surface area contributed by atoms with Crippen LogP contribution in [0.25, 0.3) is 0 Å². The summed E-state index contributed by atoms with van der Waals surface area (Å²) in [6.45, 7) is 16.3. The molecule has 0 unspecified atom stereocenters. The van der Waals surface area contributed by atoms with Crippen LogP contribution in [0.3, 0.4) is 0 Å². The number of nitrogens with zero attached hydrogens (tertiary/aromatic N) is 1. The van der Waals surface area contributed by atoms with Gasteiger partial charge in [-0.3, -0.25) is 4.79 Å². The maximum absolute atomic E-state index is 11.4. The fraction of sp³-hybridized carbons (Fsp3) is 0.464. The number of carbonyl (C=O) groups is 1. The fourth-order valence-electron chi connectivity index (χ4n) is 2.82. The minimum absolute atomic E-state index is 0.0380. The molecule has 0 aromatic heterocycles. The normalized spacial score (nSPS) is 11.1. The number of hydrogen-bond acceptors (Lipinski definition) is 2. The largest absolute Gasteiger partial charge is 0.460 e. The molecule has 0 fully saturated rings. The molecule has 0 aliphatic rings. The highest BCUT2D eigenvalue weighted by atomic mass is 35.5. The molecule has 0 aliphatic carbocycles. The molecule has 2 rings (SSSR count). The summed E-state index contributed by atoms with van der Waals surface area (Å²) in [5.74, 6) is 2.77. The number of allylic oxidation sites excluding steroid dienone is 2. The van der Waals surface area contributed by atoms with Crippen LogP contribution in [0.4, 0.5) is 0 Å². The number of benzene rings is 2. The third-order valence-electron chi connectivity index (χ3n) is 4.21. The molecule has 184 valence electrons. The molecular weight excluding hydrogens is 453 g/mol. The minimum atomic E-state index is -0.0380. The number of carbonyl (C=O) groups excluding carboxylic acids is 1. The van der Waals surface area contributed by atoms with Gasteiger partial charge in [0.2, 0.25) is 5.91 Å². The van der Waals surface area contributed by atoms with E-state index in [2.05, 4.69) is 65.0 Å². The Morgan fingerprint density at radius 1 is 0.939 bits per heavy atom. The van der Waals surface area contributed by atoms with E-state index in [0.29, 0.717) is 28.0 Å². The summed E-state index contributed by atoms with van der Waals surface area (Å²) in [6.07, 6.45) is 1.89. The second-order valence-corrected chi connectivity index (χ2v) is 9.83. The van der Waals surface area contributed by atoms with Gasteiger partial charge in [0.05, 0.1) is 5.70 Å². The molecule has 5 heteroatoms. The van der Waals surface area contributed by atoms with Gasteiger partial charge in [-0.2, -0.15) is 0 Å². The average Bonchev–Trinajstić information content (AvgIpc) is 2.68. The Morgan fingerprint density at radius 3 is 1.82 bits per heavy atom. The molecule has 33 heavy (non-hydrogen) atoms. The van der Waals surface area contributed by atoms with E-state index in [4.69, 9.17) is 27.9 Å². The molecule has 0 N–H and O–H groups in total. The van der Waals surface area contributed by atoms with Gasteiger partial charge in [0.1, 0.15) is 11.5 Å². The zero-order chi connectivity index (χ0) is 25.6. The number of ether oxygens (including phenoxy) is 1. The van der Waals surface area contributed by atoms with E-state index in [9.17, 15) is 4.79 Å². The number of halogens is 2. The van der Waals surface area contributed by atoms with Gasteiger partial charge in [-0.15, -0.1) is 0 Å².